The van der Waals surface area contributed by atoms with Gasteiger partial charge in [-0.05, 0) is 131 Å². The fourth-order valence-electron chi connectivity index (χ4n) is 9.78. The Balaban J connectivity index is 0.887. The largest absolute Gasteiger partial charge is 0.370 e. The van der Waals surface area contributed by atoms with Crippen LogP contribution in [0.5, 0.6) is 0 Å². The van der Waals surface area contributed by atoms with Crippen LogP contribution in [0.3, 0.4) is 0 Å². The monoisotopic (exact) mass is 961 g/mol. The zero-order valence-electron chi connectivity index (χ0n) is 39.0. The van der Waals surface area contributed by atoms with Gasteiger partial charge in [-0.3, -0.25) is 5.32 Å². The fourth-order valence-corrected chi connectivity index (χ4v) is 10.6. The number of H-pyrrole nitrogens is 4. The molecule has 1 aliphatic rings. The van der Waals surface area contributed by atoms with Crippen molar-refractivity contribution in [1.82, 2.24) is 25.3 Å². The molecule has 13 heteroatoms. The van der Waals surface area contributed by atoms with Crippen LogP contribution in [0.2, 0.25) is 0 Å². The summed E-state index contributed by atoms with van der Waals surface area (Å²) >= 11 is 1.58. The zero-order chi connectivity index (χ0) is 49.0. The van der Waals surface area contributed by atoms with Crippen LogP contribution >= 0.6 is 11.8 Å². The van der Waals surface area contributed by atoms with E-state index in [9.17, 15) is 4.79 Å². The number of aliphatic imine (C=N–C) groups is 2. The van der Waals surface area contributed by atoms with Crippen LogP contribution in [0.15, 0.2) is 232 Å². The molecular formula is C59H51N11OS. The highest BCUT2D eigenvalue weighted by Crippen LogP contribution is 2.41. The molecule has 6 aromatic carbocycles. The Hall–Kier alpha value is -9.20. The average molecular weight is 962 g/mol. The van der Waals surface area contributed by atoms with E-state index in [0.717, 1.165) is 60.9 Å². The third kappa shape index (κ3) is 9.82. The summed E-state index contributed by atoms with van der Waals surface area (Å²) in [7, 11) is 0. The summed E-state index contributed by atoms with van der Waals surface area (Å²) in [6, 6.07) is 72.2. The van der Waals surface area contributed by atoms with Crippen LogP contribution in [-0.4, -0.2) is 37.9 Å². The average Bonchev–Trinajstić information content (AvgIpc) is 4.25. The van der Waals surface area contributed by atoms with Crippen LogP contribution in [0.4, 0.5) is 21.9 Å². The summed E-state index contributed by atoms with van der Waals surface area (Å²) in [5, 5.41) is 5.59. The molecule has 0 saturated heterocycles. The van der Waals surface area contributed by atoms with Gasteiger partial charge in [-0.2, -0.15) is 0 Å². The topological polar surface area (TPSA) is 207 Å². The molecule has 2 atom stereocenters. The standard InChI is InChI=1S/C59H51N11OS/c60-57(61)63-40-20-24-43(25-21-40)72-44-26-22-41(23-27-44)64-58(62)70-59(71)65-42-18-16-39(17-19-42)56-51-34-32-49(68-51)54(37-12-6-2-7-13-37)47-30-28-45(66-47)53(36-10-4-1-5-11-36)46-29-31-48(67-46)55(38-14-8-3-9-15-38)50-33-35-52(56)69-50/h1-35,53-56,66-69H,(H4,60,61,63)(H4,62,64,65,70,71). The highest BCUT2D eigenvalue weighted by Gasteiger charge is 2.30. The molecule has 72 heavy (non-hydrogen) atoms. The highest BCUT2D eigenvalue weighted by atomic mass is 32.2. The predicted octanol–water partition coefficient (Wildman–Crippen LogP) is 11.9. The van der Waals surface area contributed by atoms with E-state index in [1.807, 2.05) is 60.7 Å². The van der Waals surface area contributed by atoms with Gasteiger partial charge in [0, 0.05) is 61.0 Å². The van der Waals surface area contributed by atoms with Crippen LogP contribution in [0.25, 0.3) is 0 Å². The highest BCUT2D eigenvalue weighted by molar-refractivity contribution is 7.99. The van der Waals surface area contributed by atoms with E-state index in [2.05, 4.69) is 192 Å². The summed E-state index contributed by atoms with van der Waals surface area (Å²) in [4.78, 5) is 39.5. The molecule has 0 aliphatic carbocycles. The molecule has 12 nitrogen and oxygen atoms in total. The number of guanidine groups is 2. The minimum Gasteiger partial charge on any atom is -0.370 e. The number of benzene rings is 6. The summed E-state index contributed by atoms with van der Waals surface area (Å²) < 4.78 is 0. The number of hydrogen-bond donors (Lipinski definition) is 9. The lowest BCUT2D eigenvalue weighted by Crippen LogP contribution is -2.39. The smallest absolute Gasteiger partial charge is 0.325 e. The van der Waals surface area contributed by atoms with Gasteiger partial charge in [-0.15, -0.1) is 0 Å². The van der Waals surface area contributed by atoms with Crippen LogP contribution in [0, 0.1) is 0 Å². The number of nitrogens with zero attached hydrogens (tertiary/aromatic N) is 2. The van der Waals surface area contributed by atoms with E-state index in [4.69, 9.17) is 17.2 Å². The molecular weight excluding hydrogens is 911 g/mol. The first-order chi connectivity index (χ1) is 35.3. The van der Waals surface area contributed by atoms with Gasteiger partial charge in [0.1, 0.15) is 0 Å². The lowest BCUT2D eigenvalue weighted by atomic mass is 9.92. The summed E-state index contributed by atoms with van der Waals surface area (Å²) in [5.41, 5.74) is 32.2. The number of urea groups is 1. The van der Waals surface area contributed by atoms with Gasteiger partial charge < -0.3 is 42.5 Å². The Kier molecular flexibility index (Phi) is 12.6. The normalized spacial score (nSPS) is 16.4. The Morgan fingerprint density at radius 2 is 0.708 bits per heavy atom. The third-order valence-electron chi connectivity index (χ3n) is 13.0. The number of nitrogens with one attached hydrogen (secondary N) is 6. The molecule has 12 N–H and O–H groups in total. The number of carbonyl (C=O) groups is 1. The van der Waals surface area contributed by atoms with Gasteiger partial charge >= 0.3 is 6.03 Å². The Labute approximate surface area is 421 Å². The van der Waals surface area contributed by atoms with Crippen molar-refractivity contribution in [3.63, 3.8) is 0 Å². The molecule has 11 rings (SSSR count). The van der Waals surface area contributed by atoms with Crippen LogP contribution in [-0.2, 0) is 0 Å². The Morgan fingerprint density at radius 1 is 0.389 bits per heavy atom. The first kappa shape index (κ1) is 45.3. The van der Waals surface area contributed by atoms with Crippen molar-refractivity contribution in [3.8, 4) is 0 Å². The molecule has 0 radical (unpaired) electrons. The van der Waals surface area contributed by atoms with E-state index >= 15 is 0 Å². The van der Waals surface area contributed by atoms with Crippen molar-refractivity contribution in [2.75, 3.05) is 5.32 Å². The number of aromatic amines is 4. The molecule has 1 aliphatic heterocycles. The number of amides is 2. The molecule has 0 spiro atoms. The van der Waals surface area contributed by atoms with Crippen LogP contribution in [0.1, 0.15) is 91.5 Å². The maximum absolute atomic E-state index is 13.3. The van der Waals surface area contributed by atoms with E-state index in [-0.39, 0.29) is 35.6 Å². The SMILES string of the molecule is NC(N)=Nc1ccc(Sc2ccc(N=C(N)NC(=O)Nc3ccc(C4c5ccc([nH]5)C(c5ccccc5)c5ccc([nH]5)C(c5ccccc5)c5ccc([nH]5)C(c5ccccc5)c5ccc4[nH]5)cc3)cc2)cc1. The van der Waals surface area contributed by atoms with E-state index in [1.54, 1.807) is 11.8 Å². The second-order valence-electron chi connectivity index (χ2n) is 17.8. The molecule has 0 fully saturated rings. The first-order valence-corrected chi connectivity index (χ1v) is 24.5. The number of carbonyl (C=O) groups excluding carboxylic acids is 1. The van der Waals surface area contributed by atoms with Gasteiger partial charge in [0.05, 0.1) is 35.0 Å². The van der Waals surface area contributed by atoms with Gasteiger partial charge in [0.15, 0.2) is 5.96 Å². The van der Waals surface area contributed by atoms with Gasteiger partial charge in [0.25, 0.3) is 0 Å². The van der Waals surface area contributed by atoms with Crippen LogP contribution < -0.4 is 27.8 Å². The van der Waals surface area contributed by atoms with Gasteiger partial charge in [-0.25, -0.2) is 14.8 Å². The second kappa shape index (κ2) is 20.0. The third-order valence-corrected chi connectivity index (χ3v) is 14.0. The summed E-state index contributed by atoms with van der Waals surface area (Å²) in [6.07, 6.45) is 0. The number of anilines is 1. The summed E-state index contributed by atoms with van der Waals surface area (Å²) in [5.74, 6) is -0.518. The van der Waals surface area contributed by atoms with Crippen molar-refractivity contribution >= 4 is 46.8 Å². The van der Waals surface area contributed by atoms with Crippen molar-refractivity contribution in [2.24, 2.45) is 27.2 Å². The van der Waals surface area contributed by atoms with Crippen molar-refractivity contribution in [1.29, 1.82) is 0 Å². The van der Waals surface area contributed by atoms with E-state index < -0.39 is 6.03 Å². The number of aromatic nitrogens is 4. The van der Waals surface area contributed by atoms with Crippen molar-refractivity contribution in [2.45, 2.75) is 33.5 Å². The first-order valence-electron chi connectivity index (χ1n) is 23.7. The summed E-state index contributed by atoms with van der Waals surface area (Å²) in [6.45, 7) is 0. The maximum atomic E-state index is 13.3. The van der Waals surface area contributed by atoms with Gasteiger partial charge in [0.2, 0.25) is 5.96 Å². The van der Waals surface area contributed by atoms with Gasteiger partial charge in [-0.1, -0.05) is 115 Å². The second-order valence-corrected chi connectivity index (χ2v) is 18.9. The van der Waals surface area contributed by atoms with Crippen molar-refractivity contribution in [3.05, 3.63) is 280 Å². The number of fused-ring (bicyclic) bond motifs is 8. The maximum Gasteiger partial charge on any atom is 0.325 e. The number of nitrogens with two attached hydrogens (primary N) is 3. The van der Waals surface area contributed by atoms with E-state index in [0.29, 0.717) is 17.1 Å². The minimum atomic E-state index is -0.512. The molecule has 0 saturated carbocycles. The fraction of sp³-hybridized carbons (Fsp3) is 0.0678. The molecule has 10 aromatic rings. The zero-order valence-corrected chi connectivity index (χ0v) is 39.8. The quantitative estimate of drug-likeness (QED) is 0.0510. The predicted molar refractivity (Wildman–Crippen MR) is 289 cm³/mol. The number of rotatable bonds is 9. The van der Waals surface area contributed by atoms with Crippen molar-refractivity contribution < 1.29 is 4.79 Å². The Morgan fingerprint density at radius 3 is 1.04 bits per heavy atom. The Bertz CT molecular complexity index is 3380. The molecule has 5 heterocycles. The van der Waals surface area contributed by atoms with E-state index in [1.165, 1.54) is 16.7 Å². The lowest BCUT2D eigenvalue weighted by Gasteiger charge is -2.21. The molecule has 4 aromatic heterocycles. The molecule has 354 valence electrons. The molecule has 2 unspecified atom stereocenters. The lowest BCUT2D eigenvalue weighted by molar-refractivity contribution is 0.256. The minimum absolute atomic E-state index is 0.0133. The molecule has 8 bridgehead atoms. The molecule has 2 amide bonds. The number of hydrogen-bond acceptors (Lipinski definition) is 4.